The minimum atomic E-state index is -0.506. The van der Waals surface area contributed by atoms with Gasteiger partial charge in [0.2, 0.25) is 0 Å². The first kappa shape index (κ1) is 14.4. The van der Waals surface area contributed by atoms with E-state index in [2.05, 4.69) is 0 Å². The fourth-order valence-corrected chi connectivity index (χ4v) is 1.68. The van der Waals surface area contributed by atoms with Crippen LogP contribution >= 0.6 is 0 Å². The molecule has 0 unspecified atom stereocenters. The maximum absolute atomic E-state index is 10.7. The highest BCUT2D eigenvalue weighted by atomic mass is 16.6. The van der Waals surface area contributed by atoms with Gasteiger partial charge in [-0.25, -0.2) is 0 Å². The molecule has 0 fully saturated rings. The fourth-order valence-electron chi connectivity index (χ4n) is 1.68. The van der Waals surface area contributed by atoms with Gasteiger partial charge >= 0.3 is 0 Å². The zero-order chi connectivity index (χ0) is 15.2. The second-order valence-corrected chi connectivity index (χ2v) is 4.21. The molecule has 7 nitrogen and oxygen atoms in total. The molecule has 0 saturated heterocycles. The number of hydrogen-bond acceptors (Lipinski definition) is 6. The predicted octanol–water partition coefficient (Wildman–Crippen LogP) is 2.22. The molecule has 0 bridgehead atoms. The number of nitro benzene ring substituents is 1. The van der Waals surface area contributed by atoms with E-state index >= 15 is 0 Å². The van der Waals surface area contributed by atoms with E-state index in [4.69, 9.17) is 20.9 Å². The molecule has 4 N–H and O–H groups in total. The van der Waals surface area contributed by atoms with E-state index in [1.165, 1.54) is 18.2 Å². The minimum absolute atomic E-state index is 0.0765. The second-order valence-electron chi connectivity index (χ2n) is 4.21. The van der Waals surface area contributed by atoms with E-state index in [0.29, 0.717) is 17.1 Å². The van der Waals surface area contributed by atoms with Crippen molar-refractivity contribution in [1.29, 1.82) is 0 Å². The van der Waals surface area contributed by atoms with Crippen molar-refractivity contribution < 1.29 is 14.4 Å². The molecule has 0 aliphatic carbocycles. The summed E-state index contributed by atoms with van der Waals surface area (Å²) in [6.07, 6.45) is 0. The van der Waals surface area contributed by atoms with Crippen molar-refractivity contribution in [1.82, 2.24) is 0 Å². The Bertz CT molecular complexity index is 646. The molecule has 0 atom stereocenters. The van der Waals surface area contributed by atoms with Gasteiger partial charge in [-0.05, 0) is 18.2 Å². The van der Waals surface area contributed by atoms with Gasteiger partial charge in [-0.1, -0.05) is 12.1 Å². The van der Waals surface area contributed by atoms with Crippen LogP contribution in [0.15, 0.2) is 42.5 Å². The van der Waals surface area contributed by atoms with Crippen LogP contribution in [-0.4, -0.2) is 18.1 Å². The Morgan fingerprint density at radius 2 is 1.57 bits per heavy atom. The fraction of sp³-hybridized carbons (Fsp3) is 0.143. The lowest BCUT2D eigenvalue weighted by Crippen LogP contribution is -2.10. The predicted molar refractivity (Wildman–Crippen MR) is 79.4 cm³/mol. The molecule has 0 aliphatic heterocycles. The third kappa shape index (κ3) is 3.75. The van der Waals surface area contributed by atoms with Crippen LogP contribution in [0.3, 0.4) is 0 Å². The minimum Gasteiger partial charge on any atom is -0.488 e. The van der Waals surface area contributed by atoms with E-state index < -0.39 is 4.92 Å². The first-order chi connectivity index (χ1) is 10.1. The van der Waals surface area contributed by atoms with Crippen LogP contribution in [0.1, 0.15) is 0 Å². The van der Waals surface area contributed by atoms with Gasteiger partial charge in [0.1, 0.15) is 24.7 Å². The van der Waals surface area contributed by atoms with E-state index in [9.17, 15) is 10.1 Å². The molecule has 110 valence electrons. The average Bonchev–Trinajstić information content (AvgIpc) is 2.46. The van der Waals surface area contributed by atoms with E-state index in [1.807, 2.05) is 12.1 Å². The number of para-hydroxylation sites is 2. The summed E-state index contributed by atoms with van der Waals surface area (Å²) < 4.78 is 10.8. The van der Waals surface area contributed by atoms with Gasteiger partial charge in [0.15, 0.2) is 0 Å². The number of nitrogens with zero attached hydrogens (tertiary/aromatic N) is 1. The van der Waals surface area contributed by atoms with E-state index in [1.54, 1.807) is 12.1 Å². The number of nitro groups is 1. The zero-order valence-electron chi connectivity index (χ0n) is 11.2. The van der Waals surface area contributed by atoms with Crippen LogP contribution in [0.25, 0.3) is 0 Å². The van der Waals surface area contributed by atoms with E-state index in [-0.39, 0.29) is 24.7 Å². The average molecular weight is 289 g/mol. The number of anilines is 2. The summed E-state index contributed by atoms with van der Waals surface area (Å²) in [5, 5.41) is 10.7. The first-order valence-electron chi connectivity index (χ1n) is 6.22. The quantitative estimate of drug-likeness (QED) is 0.365. The highest BCUT2D eigenvalue weighted by Gasteiger charge is 2.10. The molecule has 0 saturated carbocycles. The molecule has 0 spiro atoms. The summed E-state index contributed by atoms with van der Waals surface area (Å²) in [5.74, 6) is 0.821. The van der Waals surface area contributed by atoms with Gasteiger partial charge in [0, 0.05) is 6.07 Å². The lowest BCUT2D eigenvalue weighted by molar-refractivity contribution is -0.384. The Labute approximate surface area is 121 Å². The van der Waals surface area contributed by atoms with Crippen LogP contribution in [0.5, 0.6) is 11.5 Å². The van der Waals surface area contributed by atoms with Crippen LogP contribution in [0.2, 0.25) is 0 Å². The number of nitrogens with two attached hydrogens (primary N) is 2. The SMILES string of the molecule is Nc1ccccc1OCCOc1cc([N+](=O)[O-])ccc1N. The summed E-state index contributed by atoms with van der Waals surface area (Å²) in [6.45, 7) is 0.441. The maximum Gasteiger partial charge on any atom is 0.273 e. The van der Waals surface area contributed by atoms with Crippen molar-refractivity contribution in [2.75, 3.05) is 24.7 Å². The van der Waals surface area contributed by atoms with Crippen molar-refractivity contribution >= 4 is 17.1 Å². The number of nitrogen functional groups attached to an aromatic ring is 2. The third-order valence-electron chi connectivity index (χ3n) is 2.73. The molecule has 2 aromatic rings. The normalized spacial score (nSPS) is 10.1. The van der Waals surface area contributed by atoms with Crippen molar-refractivity contribution in [3.05, 3.63) is 52.6 Å². The summed E-state index contributed by atoms with van der Waals surface area (Å²) in [5.41, 5.74) is 12.2. The summed E-state index contributed by atoms with van der Waals surface area (Å²) in [4.78, 5) is 10.2. The molecule has 0 radical (unpaired) electrons. The number of hydrogen-bond donors (Lipinski definition) is 2. The largest absolute Gasteiger partial charge is 0.488 e. The van der Waals surface area contributed by atoms with E-state index in [0.717, 1.165) is 0 Å². The number of ether oxygens (including phenoxy) is 2. The van der Waals surface area contributed by atoms with Gasteiger partial charge in [-0.15, -0.1) is 0 Å². The Hall–Kier alpha value is -2.96. The Kier molecular flexibility index (Phi) is 4.45. The molecule has 0 aliphatic rings. The van der Waals surface area contributed by atoms with Gasteiger partial charge in [-0.2, -0.15) is 0 Å². The van der Waals surface area contributed by atoms with Crippen molar-refractivity contribution in [2.24, 2.45) is 0 Å². The van der Waals surface area contributed by atoms with Gasteiger partial charge < -0.3 is 20.9 Å². The molecule has 0 heterocycles. The topological polar surface area (TPSA) is 114 Å². The monoisotopic (exact) mass is 289 g/mol. The number of benzene rings is 2. The number of rotatable bonds is 6. The highest BCUT2D eigenvalue weighted by Crippen LogP contribution is 2.26. The molecular weight excluding hydrogens is 274 g/mol. The molecule has 21 heavy (non-hydrogen) atoms. The zero-order valence-corrected chi connectivity index (χ0v) is 11.2. The lowest BCUT2D eigenvalue weighted by atomic mass is 10.2. The summed E-state index contributed by atoms with van der Waals surface area (Å²) in [6, 6.07) is 11.1. The molecule has 7 heteroatoms. The molecule has 2 rings (SSSR count). The van der Waals surface area contributed by atoms with Crippen LogP contribution < -0.4 is 20.9 Å². The Morgan fingerprint density at radius 3 is 2.24 bits per heavy atom. The molecule has 2 aromatic carbocycles. The van der Waals surface area contributed by atoms with Crippen LogP contribution in [0, 0.1) is 10.1 Å². The van der Waals surface area contributed by atoms with Crippen molar-refractivity contribution in [2.45, 2.75) is 0 Å². The maximum atomic E-state index is 10.7. The summed E-state index contributed by atoms with van der Waals surface area (Å²) in [7, 11) is 0. The van der Waals surface area contributed by atoms with Crippen molar-refractivity contribution in [3.63, 3.8) is 0 Å². The standard InChI is InChI=1S/C14H15N3O4/c15-11-3-1-2-4-13(11)20-7-8-21-14-9-10(17(18)19)5-6-12(14)16/h1-6,9H,7-8,15-16H2. The van der Waals surface area contributed by atoms with Gasteiger partial charge in [0.05, 0.1) is 22.4 Å². The highest BCUT2D eigenvalue weighted by molar-refractivity contribution is 5.57. The Balaban J connectivity index is 1.90. The molecule has 0 amide bonds. The third-order valence-corrected chi connectivity index (χ3v) is 2.73. The van der Waals surface area contributed by atoms with Crippen molar-refractivity contribution in [3.8, 4) is 11.5 Å². The summed E-state index contributed by atoms with van der Waals surface area (Å²) >= 11 is 0. The lowest BCUT2D eigenvalue weighted by Gasteiger charge is -2.11. The van der Waals surface area contributed by atoms with Gasteiger partial charge in [-0.3, -0.25) is 10.1 Å². The van der Waals surface area contributed by atoms with Gasteiger partial charge in [0.25, 0.3) is 5.69 Å². The Morgan fingerprint density at radius 1 is 0.952 bits per heavy atom. The number of non-ortho nitro benzene ring substituents is 1. The van der Waals surface area contributed by atoms with Crippen LogP contribution in [-0.2, 0) is 0 Å². The smallest absolute Gasteiger partial charge is 0.273 e. The molecular formula is C14H15N3O4. The molecule has 0 aromatic heterocycles. The van der Waals surface area contributed by atoms with Crippen LogP contribution in [0.4, 0.5) is 17.1 Å². The first-order valence-corrected chi connectivity index (χ1v) is 6.22. The second kappa shape index (κ2) is 6.47.